The quantitative estimate of drug-likeness (QED) is 0.895. The fourth-order valence-corrected chi connectivity index (χ4v) is 2.94. The Labute approximate surface area is 131 Å². The van der Waals surface area contributed by atoms with E-state index in [1.807, 2.05) is 0 Å². The molecule has 0 spiro atoms. The van der Waals surface area contributed by atoms with Crippen molar-refractivity contribution in [3.05, 3.63) is 35.1 Å². The largest absolute Gasteiger partial charge is 0.394 e. The summed E-state index contributed by atoms with van der Waals surface area (Å²) in [5.74, 6) is -0.743. The average Bonchev–Trinajstić information content (AvgIpc) is 2.50. The van der Waals surface area contributed by atoms with Crippen LogP contribution in [-0.2, 0) is 0 Å². The van der Waals surface area contributed by atoms with Crippen molar-refractivity contribution in [3.8, 4) is 0 Å². The van der Waals surface area contributed by atoms with Crippen LogP contribution in [0.15, 0.2) is 18.2 Å². The number of likely N-dealkylation sites (tertiary alicyclic amines) is 1. The minimum absolute atomic E-state index is 0.0982. The van der Waals surface area contributed by atoms with E-state index in [0.29, 0.717) is 24.4 Å². The van der Waals surface area contributed by atoms with Crippen molar-refractivity contribution >= 4 is 5.91 Å². The average molecular weight is 308 g/mol. The lowest BCUT2D eigenvalue weighted by molar-refractivity contribution is 0.0547. The van der Waals surface area contributed by atoms with E-state index in [1.54, 1.807) is 13.0 Å². The van der Waals surface area contributed by atoms with Crippen molar-refractivity contribution in [1.29, 1.82) is 0 Å². The molecule has 4 nitrogen and oxygen atoms in total. The van der Waals surface area contributed by atoms with Crippen molar-refractivity contribution in [2.45, 2.75) is 45.2 Å². The number of carbonyl (C=O) groups is 1. The summed E-state index contributed by atoms with van der Waals surface area (Å²) < 4.78 is 13.4. The minimum atomic E-state index is -0.610. The van der Waals surface area contributed by atoms with Crippen LogP contribution in [0.1, 0.15) is 42.6 Å². The number of benzene rings is 1. The summed E-state index contributed by atoms with van der Waals surface area (Å²) in [5, 5.41) is 12.7. The second-order valence-electron chi connectivity index (χ2n) is 6.48. The maximum atomic E-state index is 13.4. The van der Waals surface area contributed by atoms with E-state index < -0.39 is 11.4 Å². The Morgan fingerprint density at radius 3 is 2.59 bits per heavy atom. The lowest BCUT2D eigenvalue weighted by atomic mass is 9.87. The number of nitrogens with zero attached hydrogens (tertiary/aromatic N) is 1. The molecule has 0 saturated carbocycles. The zero-order valence-electron chi connectivity index (χ0n) is 13.5. The van der Waals surface area contributed by atoms with Crippen LogP contribution >= 0.6 is 0 Å². The number of amides is 1. The molecular weight excluding hydrogens is 283 g/mol. The first-order valence-corrected chi connectivity index (χ1v) is 7.80. The van der Waals surface area contributed by atoms with Crippen LogP contribution < -0.4 is 5.32 Å². The molecule has 2 rings (SSSR count). The number of aliphatic hydroxyl groups is 1. The van der Waals surface area contributed by atoms with Gasteiger partial charge in [0.15, 0.2) is 0 Å². The molecule has 1 amide bonds. The maximum absolute atomic E-state index is 13.4. The highest BCUT2D eigenvalue weighted by atomic mass is 19.1. The van der Waals surface area contributed by atoms with Crippen molar-refractivity contribution in [3.63, 3.8) is 0 Å². The number of nitrogens with one attached hydrogen (secondary N) is 1. The first kappa shape index (κ1) is 16.9. The highest BCUT2D eigenvalue weighted by molar-refractivity contribution is 5.96. The van der Waals surface area contributed by atoms with E-state index in [2.05, 4.69) is 24.1 Å². The lowest BCUT2D eigenvalue weighted by Gasteiger charge is -2.42. The van der Waals surface area contributed by atoms with Gasteiger partial charge in [-0.2, -0.15) is 0 Å². The molecule has 122 valence electrons. The van der Waals surface area contributed by atoms with E-state index in [0.717, 1.165) is 18.7 Å². The van der Waals surface area contributed by atoms with Crippen LogP contribution in [0.3, 0.4) is 0 Å². The van der Waals surface area contributed by atoms with Gasteiger partial charge in [-0.3, -0.25) is 4.79 Å². The zero-order valence-corrected chi connectivity index (χ0v) is 13.5. The van der Waals surface area contributed by atoms with Gasteiger partial charge in [-0.1, -0.05) is 6.07 Å². The summed E-state index contributed by atoms with van der Waals surface area (Å²) in [6.07, 6.45) is 1.39. The summed E-state index contributed by atoms with van der Waals surface area (Å²) in [4.78, 5) is 14.8. The smallest absolute Gasteiger partial charge is 0.252 e. The molecule has 1 aliphatic heterocycles. The molecule has 0 bridgehead atoms. The number of hydrogen-bond donors (Lipinski definition) is 2. The first-order valence-electron chi connectivity index (χ1n) is 7.80. The summed E-state index contributed by atoms with van der Waals surface area (Å²) >= 11 is 0. The van der Waals surface area contributed by atoms with E-state index in [1.165, 1.54) is 12.1 Å². The molecular formula is C17H25FN2O2. The van der Waals surface area contributed by atoms with Crippen LogP contribution in [0.5, 0.6) is 0 Å². The van der Waals surface area contributed by atoms with Gasteiger partial charge >= 0.3 is 0 Å². The van der Waals surface area contributed by atoms with Gasteiger partial charge in [0.05, 0.1) is 12.1 Å². The fourth-order valence-electron chi connectivity index (χ4n) is 2.94. The summed E-state index contributed by atoms with van der Waals surface area (Å²) in [6.45, 7) is 7.63. The molecule has 1 heterocycles. The number of piperidine rings is 1. The number of aliphatic hydroxyl groups excluding tert-OH is 1. The number of hydrogen-bond acceptors (Lipinski definition) is 3. The predicted molar refractivity (Wildman–Crippen MR) is 84.4 cm³/mol. The minimum Gasteiger partial charge on any atom is -0.394 e. The molecule has 22 heavy (non-hydrogen) atoms. The topological polar surface area (TPSA) is 52.6 Å². The van der Waals surface area contributed by atoms with Crippen LogP contribution in [0.2, 0.25) is 0 Å². The Morgan fingerprint density at radius 1 is 1.41 bits per heavy atom. The maximum Gasteiger partial charge on any atom is 0.252 e. The standard InChI is InChI=1S/C17H25FN2O2/c1-12(2)20-8-6-17(11-21,7-9-20)19-16(22)15-10-14(18)5-4-13(15)3/h4-5,10,12,21H,6-9,11H2,1-3H3,(H,19,22). The summed E-state index contributed by atoms with van der Waals surface area (Å²) in [6, 6.07) is 4.64. The summed E-state index contributed by atoms with van der Waals surface area (Å²) in [5.41, 5.74) is 0.451. The van der Waals surface area contributed by atoms with Crippen LogP contribution in [-0.4, -0.2) is 47.2 Å². The first-order chi connectivity index (χ1) is 10.4. The van der Waals surface area contributed by atoms with E-state index in [9.17, 15) is 14.3 Å². The second-order valence-corrected chi connectivity index (χ2v) is 6.48. The Hall–Kier alpha value is -1.46. The van der Waals surface area contributed by atoms with E-state index in [-0.39, 0.29) is 12.5 Å². The lowest BCUT2D eigenvalue weighted by Crippen LogP contribution is -2.58. The van der Waals surface area contributed by atoms with Crippen LogP contribution in [0.4, 0.5) is 4.39 Å². The third-order valence-corrected chi connectivity index (χ3v) is 4.61. The molecule has 1 aromatic carbocycles. The van der Waals surface area contributed by atoms with Gasteiger partial charge in [-0.05, 0) is 51.3 Å². The monoisotopic (exact) mass is 308 g/mol. The van der Waals surface area contributed by atoms with E-state index in [4.69, 9.17) is 0 Å². The molecule has 0 aliphatic carbocycles. The SMILES string of the molecule is Cc1ccc(F)cc1C(=O)NC1(CO)CCN(C(C)C)CC1. The van der Waals surface area contributed by atoms with Gasteiger partial charge in [0.2, 0.25) is 0 Å². The zero-order chi connectivity index (χ0) is 16.3. The van der Waals surface area contributed by atoms with Gasteiger partial charge in [-0.15, -0.1) is 0 Å². The predicted octanol–water partition coefficient (Wildman–Crippen LogP) is 2.10. The molecule has 0 aromatic heterocycles. The molecule has 0 radical (unpaired) electrons. The molecule has 1 aliphatic rings. The Bertz CT molecular complexity index is 537. The van der Waals surface area contributed by atoms with Crippen LogP contribution in [0, 0.1) is 12.7 Å². The molecule has 2 N–H and O–H groups in total. The molecule has 0 unspecified atom stereocenters. The van der Waals surface area contributed by atoms with Gasteiger partial charge in [0.25, 0.3) is 5.91 Å². The van der Waals surface area contributed by atoms with Crippen LogP contribution in [0.25, 0.3) is 0 Å². The third-order valence-electron chi connectivity index (χ3n) is 4.61. The van der Waals surface area contributed by atoms with E-state index >= 15 is 0 Å². The van der Waals surface area contributed by atoms with Crippen molar-refractivity contribution in [1.82, 2.24) is 10.2 Å². The number of aryl methyl sites for hydroxylation is 1. The van der Waals surface area contributed by atoms with Crippen molar-refractivity contribution in [2.75, 3.05) is 19.7 Å². The number of rotatable bonds is 4. The molecule has 1 fully saturated rings. The van der Waals surface area contributed by atoms with Gasteiger partial charge < -0.3 is 15.3 Å². The highest BCUT2D eigenvalue weighted by Gasteiger charge is 2.36. The Balaban J connectivity index is 2.10. The van der Waals surface area contributed by atoms with Gasteiger partial charge in [0, 0.05) is 24.7 Å². The molecule has 1 saturated heterocycles. The molecule has 0 atom stereocenters. The molecule has 1 aromatic rings. The van der Waals surface area contributed by atoms with Gasteiger partial charge in [0.1, 0.15) is 5.82 Å². The Kier molecular flexibility index (Phi) is 5.19. The second kappa shape index (κ2) is 6.75. The highest BCUT2D eigenvalue weighted by Crippen LogP contribution is 2.24. The van der Waals surface area contributed by atoms with Crippen molar-refractivity contribution in [2.24, 2.45) is 0 Å². The van der Waals surface area contributed by atoms with Gasteiger partial charge in [-0.25, -0.2) is 4.39 Å². The Morgan fingerprint density at radius 2 is 2.05 bits per heavy atom. The molecule has 5 heteroatoms. The fraction of sp³-hybridized carbons (Fsp3) is 0.588. The van der Waals surface area contributed by atoms with Crippen molar-refractivity contribution < 1.29 is 14.3 Å². The summed E-state index contributed by atoms with van der Waals surface area (Å²) in [7, 11) is 0. The normalized spacial score (nSPS) is 18.5. The number of carbonyl (C=O) groups excluding carboxylic acids is 1. The number of halogens is 1. The third kappa shape index (κ3) is 3.65.